The smallest absolute Gasteiger partial charge is 0.248 e. The SMILES string of the molecule is CN[C@@H](C)C(=O)N[C@H](C(=O)N1CCC[C@H]1C(=O)N[C@@H]1CCCc2ccccc21)[C@@H](C)OCCO[C@H](C)[C@H](NC(=O)[C@H](C)NC)C(=O)N1CCC[C@H]1C(=O)N[C@@H]1CCCc2ccccc21. The van der Waals surface area contributed by atoms with Crippen molar-refractivity contribution < 1.29 is 38.2 Å². The maximum Gasteiger partial charge on any atom is 0.248 e. The number of fused-ring (bicyclic) bond motifs is 2. The van der Waals surface area contributed by atoms with Crippen molar-refractivity contribution in [2.24, 2.45) is 0 Å². The highest BCUT2D eigenvalue weighted by Crippen LogP contribution is 2.32. The van der Waals surface area contributed by atoms with E-state index in [0.717, 1.165) is 49.7 Å². The van der Waals surface area contributed by atoms with Gasteiger partial charge in [0.05, 0.1) is 49.6 Å². The number of benzene rings is 2. The summed E-state index contributed by atoms with van der Waals surface area (Å²) in [5.41, 5.74) is 4.66. The number of nitrogens with one attached hydrogen (secondary N) is 6. The first-order valence-electron chi connectivity index (χ1n) is 23.4. The van der Waals surface area contributed by atoms with Gasteiger partial charge in [-0.15, -0.1) is 0 Å². The Labute approximate surface area is 378 Å². The van der Waals surface area contributed by atoms with Crippen LogP contribution in [0.4, 0.5) is 0 Å². The summed E-state index contributed by atoms with van der Waals surface area (Å²) in [5.74, 6) is -2.05. The molecule has 16 heteroatoms. The van der Waals surface area contributed by atoms with Crippen molar-refractivity contribution in [3.8, 4) is 0 Å². The second-order valence-corrected chi connectivity index (χ2v) is 17.8. The standard InChI is InChI=1S/C48H70N8O8/c1-29(49-5)43(57)53-41(47(61)55-25-13-23-39(55)45(59)51-37-21-11-17-33-15-7-9-19-35(33)37)31(3)63-27-28-64-32(4)42(54-44(58)30(2)50-6)48(62)56-26-14-24-40(56)46(60)52-38-22-12-18-34-16-8-10-20-36(34)38/h7-10,15-16,19-20,29-32,37-42,49-50H,11-14,17-18,21-28H2,1-6H3,(H,51,59)(H,52,60)(H,53,57)(H,54,58)/t29-,30-,31+,32+,37+,38+,39-,40-,41-,42-/m0/s1. The molecule has 2 aliphatic carbocycles. The van der Waals surface area contributed by atoms with Gasteiger partial charge in [0, 0.05) is 13.1 Å². The molecule has 4 aliphatic rings. The van der Waals surface area contributed by atoms with Gasteiger partial charge in [-0.3, -0.25) is 28.8 Å². The first-order valence-corrected chi connectivity index (χ1v) is 23.4. The van der Waals surface area contributed by atoms with Gasteiger partial charge in [-0.1, -0.05) is 48.5 Å². The van der Waals surface area contributed by atoms with Crippen LogP contribution in [-0.2, 0) is 51.1 Å². The third-order valence-electron chi connectivity index (χ3n) is 13.6. The van der Waals surface area contributed by atoms with Gasteiger partial charge in [0.1, 0.15) is 24.2 Å². The number of rotatable bonds is 19. The predicted octanol–water partition coefficient (Wildman–Crippen LogP) is 2.35. The first-order chi connectivity index (χ1) is 30.8. The molecule has 2 fully saturated rings. The Morgan fingerprint density at radius 1 is 0.578 bits per heavy atom. The maximum absolute atomic E-state index is 14.4. The fourth-order valence-electron chi connectivity index (χ4n) is 9.55. The van der Waals surface area contributed by atoms with Gasteiger partial charge in [-0.05, 0) is 128 Å². The van der Waals surface area contributed by atoms with Gasteiger partial charge in [-0.2, -0.15) is 0 Å². The number of carbonyl (C=O) groups excluding carboxylic acids is 6. The molecule has 2 aromatic carbocycles. The van der Waals surface area contributed by atoms with Gasteiger partial charge in [0.15, 0.2) is 0 Å². The maximum atomic E-state index is 14.4. The van der Waals surface area contributed by atoms with Crippen molar-refractivity contribution in [3.05, 3.63) is 70.8 Å². The average Bonchev–Trinajstić information content (AvgIpc) is 4.02. The molecule has 10 atom stereocenters. The number of aryl methyl sites for hydroxylation is 2. The van der Waals surface area contributed by atoms with Crippen LogP contribution < -0.4 is 31.9 Å². The third kappa shape index (κ3) is 11.7. The van der Waals surface area contributed by atoms with Crippen LogP contribution in [0.3, 0.4) is 0 Å². The molecule has 0 radical (unpaired) electrons. The lowest BCUT2D eigenvalue weighted by Gasteiger charge is -2.34. The number of hydrogen-bond acceptors (Lipinski definition) is 10. The van der Waals surface area contributed by atoms with Crippen LogP contribution in [0.5, 0.6) is 0 Å². The van der Waals surface area contributed by atoms with Crippen molar-refractivity contribution in [3.63, 3.8) is 0 Å². The minimum Gasteiger partial charge on any atom is -0.373 e. The molecule has 2 heterocycles. The Morgan fingerprint density at radius 2 is 0.969 bits per heavy atom. The van der Waals surface area contributed by atoms with Crippen LogP contribution >= 0.6 is 0 Å². The molecule has 2 aromatic rings. The first kappa shape index (κ1) is 48.6. The number of carbonyl (C=O) groups is 6. The largest absolute Gasteiger partial charge is 0.373 e. The van der Waals surface area contributed by atoms with E-state index in [2.05, 4.69) is 56.2 Å². The van der Waals surface area contributed by atoms with E-state index < -0.39 is 72.1 Å². The molecular weight excluding hydrogens is 817 g/mol. The van der Waals surface area contributed by atoms with Gasteiger partial charge in [-0.25, -0.2) is 0 Å². The van der Waals surface area contributed by atoms with E-state index in [-0.39, 0.29) is 37.1 Å². The van der Waals surface area contributed by atoms with Crippen LogP contribution in [0.2, 0.25) is 0 Å². The van der Waals surface area contributed by atoms with E-state index >= 15 is 0 Å². The number of likely N-dealkylation sites (tertiary alicyclic amines) is 2. The normalized spacial score (nSPS) is 23.3. The zero-order valence-electron chi connectivity index (χ0n) is 38.5. The summed E-state index contributed by atoms with van der Waals surface area (Å²) in [7, 11) is 3.30. The van der Waals surface area contributed by atoms with Crippen molar-refractivity contribution in [2.75, 3.05) is 40.4 Å². The molecule has 64 heavy (non-hydrogen) atoms. The van der Waals surface area contributed by atoms with E-state index in [4.69, 9.17) is 9.47 Å². The highest BCUT2D eigenvalue weighted by atomic mass is 16.5. The molecule has 6 N–H and O–H groups in total. The Morgan fingerprint density at radius 3 is 1.36 bits per heavy atom. The fourth-order valence-corrected chi connectivity index (χ4v) is 9.55. The lowest BCUT2D eigenvalue weighted by atomic mass is 9.87. The lowest BCUT2D eigenvalue weighted by molar-refractivity contribution is -0.147. The summed E-state index contributed by atoms with van der Waals surface area (Å²) >= 11 is 0. The zero-order valence-corrected chi connectivity index (χ0v) is 38.5. The second-order valence-electron chi connectivity index (χ2n) is 17.8. The Bertz CT molecular complexity index is 1830. The molecule has 0 spiro atoms. The van der Waals surface area contributed by atoms with E-state index in [0.29, 0.717) is 38.8 Å². The number of nitrogens with zero attached hydrogens (tertiary/aromatic N) is 2. The van der Waals surface area contributed by atoms with Crippen LogP contribution in [0.25, 0.3) is 0 Å². The van der Waals surface area contributed by atoms with Crippen molar-refractivity contribution in [1.29, 1.82) is 0 Å². The average molecular weight is 887 g/mol. The summed E-state index contributed by atoms with van der Waals surface area (Å²) in [6.07, 6.45) is 6.10. The summed E-state index contributed by atoms with van der Waals surface area (Å²) in [6, 6.07) is 11.2. The molecule has 6 rings (SSSR count). The minimum absolute atomic E-state index is 0.0167. The quantitative estimate of drug-likeness (QED) is 0.114. The molecule has 0 aromatic heterocycles. The van der Waals surface area contributed by atoms with E-state index in [1.165, 1.54) is 11.1 Å². The van der Waals surface area contributed by atoms with E-state index in [9.17, 15) is 28.8 Å². The van der Waals surface area contributed by atoms with Crippen LogP contribution in [-0.4, -0.2) is 134 Å². The third-order valence-corrected chi connectivity index (χ3v) is 13.6. The fraction of sp³-hybridized carbons (Fsp3) is 0.625. The van der Waals surface area contributed by atoms with Gasteiger partial charge >= 0.3 is 0 Å². The highest BCUT2D eigenvalue weighted by molar-refractivity contribution is 5.95. The predicted molar refractivity (Wildman–Crippen MR) is 242 cm³/mol. The Hall–Kier alpha value is -4.90. The highest BCUT2D eigenvalue weighted by Gasteiger charge is 2.43. The van der Waals surface area contributed by atoms with Gasteiger partial charge < -0.3 is 51.2 Å². The summed E-state index contributed by atoms with van der Waals surface area (Å²) in [4.78, 5) is 86.0. The number of likely N-dealkylation sites (N-methyl/N-ethyl adjacent to an activating group) is 2. The van der Waals surface area contributed by atoms with Crippen LogP contribution in [0.15, 0.2) is 48.5 Å². The van der Waals surface area contributed by atoms with E-state index in [1.54, 1.807) is 51.6 Å². The molecule has 6 amide bonds. The van der Waals surface area contributed by atoms with Crippen molar-refractivity contribution in [2.45, 2.75) is 152 Å². The molecule has 0 unspecified atom stereocenters. The van der Waals surface area contributed by atoms with Crippen LogP contribution in [0.1, 0.15) is 113 Å². The van der Waals surface area contributed by atoms with Crippen LogP contribution in [0, 0.1) is 0 Å². The number of amides is 6. The molecule has 0 bridgehead atoms. The summed E-state index contributed by atoms with van der Waals surface area (Å²) in [5, 5.41) is 18.0. The summed E-state index contributed by atoms with van der Waals surface area (Å²) < 4.78 is 12.3. The topological polar surface area (TPSA) is 200 Å². The monoisotopic (exact) mass is 887 g/mol. The molecule has 0 saturated carbocycles. The Kier molecular flexibility index (Phi) is 17.3. The second kappa shape index (κ2) is 22.8. The van der Waals surface area contributed by atoms with E-state index in [1.807, 2.05) is 24.3 Å². The minimum atomic E-state index is -1.11. The van der Waals surface area contributed by atoms with Gasteiger partial charge in [0.25, 0.3) is 0 Å². The molecule has 16 nitrogen and oxygen atoms in total. The zero-order chi connectivity index (χ0) is 45.9. The van der Waals surface area contributed by atoms with Crippen molar-refractivity contribution >= 4 is 35.4 Å². The van der Waals surface area contributed by atoms with Crippen molar-refractivity contribution in [1.82, 2.24) is 41.7 Å². The van der Waals surface area contributed by atoms with Gasteiger partial charge in [0.2, 0.25) is 35.4 Å². The lowest BCUT2D eigenvalue weighted by Crippen LogP contribution is -2.59. The molecule has 2 aliphatic heterocycles. The molecule has 2 saturated heterocycles. The number of hydrogen-bond donors (Lipinski definition) is 6. The molecular formula is C48H70N8O8. The molecule has 350 valence electrons. The Balaban J connectivity index is 1.09. The summed E-state index contributed by atoms with van der Waals surface area (Å²) in [6.45, 7) is 7.45. The number of ether oxygens (including phenoxy) is 2.